The van der Waals surface area contributed by atoms with Gasteiger partial charge < -0.3 is 14.8 Å². The summed E-state index contributed by atoms with van der Waals surface area (Å²) in [5.74, 6) is -1.65. The lowest BCUT2D eigenvalue weighted by Gasteiger charge is -2.25. The number of carbonyl (C=O) groups excluding carboxylic acids is 2. The normalized spacial score (nSPS) is 12.5. The molecule has 0 saturated heterocycles. The van der Waals surface area contributed by atoms with E-state index in [1.54, 1.807) is 18.2 Å². The molecule has 0 spiro atoms. The van der Waals surface area contributed by atoms with E-state index in [4.69, 9.17) is 9.47 Å². The Morgan fingerprint density at radius 3 is 1.06 bits per heavy atom. The van der Waals surface area contributed by atoms with Gasteiger partial charge in [0.1, 0.15) is 0 Å². The van der Waals surface area contributed by atoms with Crippen LogP contribution in [0.2, 0.25) is 0 Å². The second kappa shape index (κ2) is 42.0. The fraction of sp³-hybridized carbons (Fsp3) is 0.860. The number of benzene rings is 1. The average molecular weight is 949 g/mol. The first-order chi connectivity index (χ1) is 31.8. The highest BCUT2D eigenvalue weighted by atomic mass is 32.2. The number of unbranched alkanes of at least 4 members (excludes halogenated alkanes) is 36. The van der Waals surface area contributed by atoms with Crippen molar-refractivity contribution >= 4 is 22.1 Å². The molecule has 0 heterocycles. The summed E-state index contributed by atoms with van der Waals surface area (Å²) >= 11 is 0. The summed E-state index contributed by atoms with van der Waals surface area (Å²) < 4.78 is 45.5. The summed E-state index contributed by atoms with van der Waals surface area (Å²) in [6.07, 6.45) is 49.4. The lowest BCUT2D eigenvalue weighted by Crippen LogP contribution is -2.39. The minimum absolute atomic E-state index is 0.105. The van der Waals surface area contributed by atoms with Crippen molar-refractivity contribution in [3.8, 4) is 11.5 Å². The van der Waals surface area contributed by atoms with Crippen LogP contribution in [0.3, 0.4) is 0 Å². The van der Waals surface area contributed by atoms with Crippen LogP contribution in [0.5, 0.6) is 11.5 Å². The molecule has 0 aliphatic heterocycles. The van der Waals surface area contributed by atoms with Gasteiger partial charge in [-0.3, -0.25) is 14.1 Å². The van der Waals surface area contributed by atoms with Crippen LogP contribution >= 0.6 is 0 Å². The van der Waals surface area contributed by atoms with Crippen LogP contribution in [0.4, 0.5) is 0 Å². The highest BCUT2D eigenvalue weighted by Crippen LogP contribution is 2.33. The second-order valence-electron chi connectivity index (χ2n) is 21.0. The van der Waals surface area contributed by atoms with E-state index >= 15 is 0 Å². The van der Waals surface area contributed by atoms with Crippen LogP contribution < -0.4 is 14.8 Å². The second-order valence-corrected chi connectivity index (χ2v) is 22.5. The minimum Gasteiger partial charge on any atom is -0.423 e. The third-order valence-corrected chi connectivity index (χ3v) is 14.0. The lowest BCUT2D eigenvalue weighted by molar-refractivity contribution is -0.137. The molecule has 0 aliphatic rings. The third-order valence-electron chi connectivity index (χ3n) is 13.1. The van der Waals surface area contributed by atoms with Gasteiger partial charge in [-0.1, -0.05) is 251 Å². The zero-order valence-electron chi connectivity index (χ0n) is 43.8. The van der Waals surface area contributed by atoms with Crippen molar-refractivity contribution in [3.63, 3.8) is 0 Å². The molecular weight excluding hydrogens is 843 g/mol. The molecule has 1 aromatic carbocycles. The third kappa shape index (κ3) is 40.0. The Morgan fingerprint density at radius 1 is 0.485 bits per heavy atom. The van der Waals surface area contributed by atoms with Crippen molar-refractivity contribution in [1.82, 2.24) is 5.32 Å². The lowest BCUT2D eigenvalue weighted by atomic mass is 9.98. The Hall–Kier alpha value is -1.97. The number of hydrogen-bond acceptors (Lipinski definition) is 7. The van der Waals surface area contributed by atoms with E-state index in [2.05, 4.69) is 19.2 Å². The Labute approximate surface area is 408 Å². The largest absolute Gasteiger partial charge is 0.423 e. The molecule has 9 heteroatoms. The zero-order chi connectivity index (χ0) is 48.4. The first-order valence-corrected chi connectivity index (χ1v) is 29.7. The van der Waals surface area contributed by atoms with Gasteiger partial charge in [0.25, 0.3) is 10.1 Å². The molecule has 2 N–H and O–H groups in total. The Morgan fingerprint density at radius 2 is 0.773 bits per heavy atom. The molecule has 0 fully saturated rings. The Balaban J connectivity index is 2.45. The summed E-state index contributed by atoms with van der Waals surface area (Å²) in [6.45, 7) is 10.8. The van der Waals surface area contributed by atoms with E-state index in [-0.39, 0.29) is 42.4 Å². The predicted octanol–water partition coefficient (Wildman–Crippen LogP) is 17.5. The monoisotopic (exact) mass is 948 g/mol. The van der Waals surface area contributed by atoms with Crippen molar-refractivity contribution < 1.29 is 32.0 Å². The average Bonchev–Trinajstić information content (AvgIpc) is 3.26. The fourth-order valence-corrected chi connectivity index (χ4v) is 9.76. The van der Waals surface area contributed by atoms with E-state index in [0.29, 0.717) is 12.0 Å². The highest BCUT2D eigenvalue weighted by Gasteiger charge is 2.24. The van der Waals surface area contributed by atoms with Gasteiger partial charge in [-0.15, -0.1) is 0 Å². The van der Waals surface area contributed by atoms with Gasteiger partial charge in [0.2, 0.25) is 0 Å². The molecule has 0 amide bonds. The molecule has 0 radical (unpaired) electrons. The number of ether oxygens (including phenoxy) is 2. The fourth-order valence-electron chi connectivity index (χ4n) is 8.94. The summed E-state index contributed by atoms with van der Waals surface area (Å²) in [7, 11) is -4.31. The zero-order valence-corrected chi connectivity index (χ0v) is 44.6. The van der Waals surface area contributed by atoms with Gasteiger partial charge in [0, 0.05) is 30.8 Å². The van der Waals surface area contributed by atoms with Crippen LogP contribution in [0.1, 0.15) is 303 Å². The van der Waals surface area contributed by atoms with Crippen LogP contribution in [-0.2, 0) is 19.7 Å². The van der Waals surface area contributed by atoms with E-state index in [1.807, 2.05) is 20.8 Å². The maximum atomic E-state index is 13.1. The van der Waals surface area contributed by atoms with Crippen molar-refractivity contribution in [1.29, 1.82) is 0 Å². The smallest absolute Gasteiger partial charge is 0.311 e. The van der Waals surface area contributed by atoms with Gasteiger partial charge in [0.05, 0.1) is 5.75 Å². The molecule has 0 aromatic heterocycles. The van der Waals surface area contributed by atoms with Gasteiger partial charge >= 0.3 is 11.9 Å². The number of nitrogens with one attached hydrogen (secondary N) is 1. The molecule has 0 bridgehead atoms. The molecule has 0 saturated carbocycles. The quantitative estimate of drug-likeness (QED) is 0.0287. The van der Waals surface area contributed by atoms with Gasteiger partial charge in [-0.05, 0) is 51.3 Å². The van der Waals surface area contributed by atoms with Gasteiger partial charge in [-0.2, -0.15) is 8.42 Å². The van der Waals surface area contributed by atoms with E-state index in [0.717, 1.165) is 32.1 Å². The SMILES string of the molecule is CCCCCCCCCCCCCCCCCCCCCC(=O)Oc1ccc(C(CNC(C)(C)C)CS(=O)(=O)O)cc1OC(=O)CCCCCCCCCCCCCCCCCCCCC. The van der Waals surface area contributed by atoms with Crippen molar-refractivity contribution in [2.45, 2.75) is 303 Å². The number of carbonyl (C=O) groups is 2. The number of hydrogen-bond donors (Lipinski definition) is 2. The maximum absolute atomic E-state index is 13.1. The standard InChI is InChI=1S/C57H105NO7S/c1-6-8-10-12-14-16-18-20-22-24-26-28-30-32-34-36-38-40-42-44-55(59)64-53-47-46-51(52(50-66(61,62)63)49-58-57(3,4)5)48-54(53)65-56(60)45-43-41-39-37-35-33-31-29-27-25-23-21-19-17-15-13-11-9-7-2/h46-48,52,58H,6-45,49-50H2,1-5H3,(H,61,62,63). The molecular formula is C57H105NO7S. The number of esters is 2. The van der Waals surface area contributed by atoms with Gasteiger partial charge in [-0.25, -0.2) is 0 Å². The van der Waals surface area contributed by atoms with Crippen LogP contribution in [-0.4, -0.2) is 42.7 Å². The van der Waals surface area contributed by atoms with Gasteiger partial charge in [0.15, 0.2) is 11.5 Å². The summed E-state index contributed by atoms with van der Waals surface area (Å²) in [5.41, 5.74) is 0.273. The predicted molar refractivity (Wildman–Crippen MR) is 281 cm³/mol. The minimum atomic E-state index is -4.31. The van der Waals surface area contributed by atoms with Crippen molar-refractivity contribution in [2.24, 2.45) is 0 Å². The van der Waals surface area contributed by atoms with Crippen molar-refractivity contribution in [3.05, 3.63) is 23.8 Å². The Kier molecular flexibility index (Phi) is 39.4. The summed E-state index contributed by atoms with van der Waals surface area (Å²) in [4.78, 5) is 26.2. The van der Waals surface area contributed by atoms with Crippen LogP contribution in [0.15, 0.2) is 18.2 Å². The molecule has 0 aliphatic carbocycles. The highest BCUT2D eigenvalue weighted by molar-refractivity contribution is 7.85. The first-order valence-electron chi connectivity index (χ1n) is 28.1. The number of rotatable bonds is 47. The maximum Gasteiger partial charge on any atom is 0.311 e. The molecule has 1 unspecified atom stereocenters. The topological polar surface area (TPSA) is 119 Å². The van der Waals surface area contributed by atoms with E-state index in [9.17, 15) is 22.6 Å². The molecule has 1 aromatic rings. The summed E-state index contributed by atoms with van der Waals surface area (Å²) in [6, 6.07) is 4.86. The molecule has 8 nitrogen and oxygen atoms in total. The van der Waals surface area contributed by atoms with Crippen molar-refractivity contribution in [2.75, 3.05) is 12.3 Å². The van der Waals surface area contributed by atoms with Crippen LogP contribution in [0.25, 0.3) is 0 Å². The molecule has 66 heavy (non-hydrogen) atoms. The molecule has 386 valence electrons. The molecule has 1 rings (SSSR count). The first kappa shape index (κ1) is 62.0. The molecule has 1 atom stereocenters. The van der Waals surface area contributed by atoms with E-state index < -0.39 is 27.8 Å². The van der Waals surface area contributed by atoms with E-state index in [1.165, 1.54) is 205 Å². The summed E-state index contributed by atoms with van der Waals surface area (Å²) in [5, 5.41) is 3.33. The Bertz CT molecular complexity index is 1410. The van der Waals surface area contributed by atoms with Crippen LogP contribution in [0, 0.1) is 0 Å².